The van der Waals surface area contributed by atoms with Crippen molar-refractivity contribution in [3.05, 3.63) is 54.1 Å². The number of carbonyl (C=O) groups excluding carboxylic acids is 1. The van der Waals surface area contributed by atoms with Gasteiger partial charge in [0.25, 0.3) is 5.91 Å². The molecule has 0 aliphatic heterocycles. The van der Waals surface area contributed by atoms with Crippen LogP contribution in [-0.2, 0) is 11.2 Å². The lowest BCUT2D eigenvalue weighted by Gasteiger charge is -2.06. The zero-order valence-corrected chi connectivity index (χ0v) is 10.8. The second-order valence-electron chi connectivity index (χ2n) is 4.05. The fraction of sp³-hybridized carbons (Fsp3) is 0.214. The Kier molecular flexibility index (Phi) is 5.00. The van der Waals surface area contributed by atoms with Gasteiger partial charge in [-0.05, 0) is 30.2 Å². The van der Waals surface area contributed by atoms with Crippen LogP contribution in [0.1, 0.15) is 5.56 Å². The van der Waals surface area contributed by atoms with Crippen LogP contribution in [0.2, 0.25) is 0 Å². The second kappa shape index (κ2) is 7.18. The summed E-state index contributed by atoms with van der Waals surface area (Å²) in [5, 5.41) is 2.70. The van der Waals surface area contributed by atoms with Crippen molar-refractivity contribution in [1.82, 2.24) is 15.3 Å². The molecular weight excluding hydrogens is 261 g/mol. The highest BCUT2D eigenvalue weighted by molar-refractivity contribution is 5.77. The van der Waals surface area contributed by atoms with E-state index in [0.29, 0.717) is 13.0 Å². The lowest BCUT2D eigenvalue weighted by molar-refractivity contribution is -0.123. The number of nitrogens with zero attached hydrogens (tertiary/aromatic N) is 2. The lowest BCUT2D eigenvalue weighted by atomic mass is 10.1. The van der Waals surface area contributed by atoms with Crippen LogP contribution >= 0.6 is 0 Å². The van der Waals surface area contributed by atoms with Crippen LogP contribution in [0.3, 0.4) is 0 Å². The van der Waals surface area contributed by atoms with E-state index in [4.69, 9.17) is 4.74 Å². The monoisotopic (exact) mass is 275 g/mol. The van der Waals surface area contributed by atoms with Crippen LogP contribution in [0.25, 0.3) is 0 Å². The first-order valence-electron chi connectivity index (χ1n) is 6.15. The maximum Gasteiger partial charge on any atom is 0.316 e. The number of aromatic nitrogens is 2. The van der Waals surface area contributed by atoms with E-state index >= 15 is 0 Å². The highest BCUT2D eigenvalue weighted by Gasteiger charge is 2.03. The summed E-state index contributed by atoms with van der Waals surface area (Å²) < 4.78 is 17.8. The molecule has 1 aromatic carbocycles. The van der Waals surface area contributed by atoms with Gasteiger partial charge in [-0.15, -0.1) is 0 Å². The molecule has 0 fully saturated rings. The summed E-state index contributed by atoms with van der Waals surface area (Å²) in [5.41, 5.74) is 0.957. The standard InChI is InChI=1S/C14H14FN3O2/c15-12-4-2-11(3-5-12)6-9-16-13(19)10-20-14-17-7-1-8-18-14/h1-5,7-8H,6,9-10H2,(H,16,19). The van der Waals surface area contributed by atoms with Crippen molar-refractivity contribution < 1.29 is 13.9 Å². The molecule has 1 amide bonds. The Balaban J connectivity index is 1.66. The number of hydrogen-bond acceptors (Lipinski definition) is 4. The molecular formula is C14H14FN3O2. The first-order valence-corrected chi connectivity index (χ1v) is 6.15. The summed E-state index contributed by atoms with van der Waals surface area (Å²) in [4.78, 5) is 19.2. The summed E-state index contributed by atoms with van der Waals surface area (Å²) in [6.45, 7) is 0.330. The van der Waals surface area contributed by atoms with Gasteiger partial charge in [0.1, 0.15) is 5.82 Å². The highest BCUT2D eigenvalue weighted by Crippen LogP contribution is 2.02. The summed E-state index contributed by atoms with van der Waals surface area (Å²) in [5.74, 6) is -0.520. The zero-order chi connectivity index (χ0) is 14.2. The molecule has 1 heterocycles. The Morgan fingerprint density at radius 1 is 1.20 bits per heavy atom. The molecule has 0 spiro atoms. The van der Waals surface area contributed by atoms with E-state index in [1.807, 2.05) is 0 Å². The van der Waals surface area contributed by atoms with Crippen LogP contribution < -0.4 is 10.1 Å². The van der Waals surface area contributed by atoms with Gasteiger partial charge in [0.05, 0.1) is 0 Å². The minimum atomic E-state index is -0.269. The molecule has 1 N–H and O–H groups in total. The SMILES string of the molecule is O=C(COc1ncccn1)NCCc1ccc(F)cc1. The first-order chi connectivity index (χ1) is 9.74. The summed E-state index contributed by atoms with van der Waals surface area (Å²) in [6, 6.07) is 8.00. The molecule has 0 atom stereocenters. The normalized spacial score (nSPS) is 10.1. The molecule has 0 unspecified atom stereocenters. The van der Waals surface area contributed by atoms with Gasteiger partial charge in [0, 0.05) is 18.9 Å². The van der Waals surface area contributed by atoms with Gasteiger partial charge >= 0.3 is 6.01 Å². The quantitative estimate of drug-likeness (QED) is 0.864. The molecule has 0 aliphatic rings. The van der Waals surface area contributed by atoms with E-state index in [9.17, 15) is 9.18 Å². The minimum absolute atomic E-state index is 0.132. The Labute approximate surface area is 115 Å². The predicted molar refractivity (Wildman–Crippen MR) is 70.6 cm³/mol. The van der Waals surface area contributed by atoms with Gasteiger partial charge in [-0.2, -0.15) is 0 Å². The number of hydrogen-bond donors (Lipinski definition) is 1. The van der Waals surface area contributed by atoms with E-state index in [0.717, 1.165) is 5.56 Å². The van der Waals surface area contributed by atoms with Crippen LogP contribution in [0.5, 0.6) is 6.01 Å². The van der Waals surface area contributed by atoms with E-state index in [1.54, 1.807) is 18.2 Å². The van der Waals surface area contributed by atoms with Gasteiger partial charge in [0.15, 0.2) is 6.61 Å². The molecule has 0 radical (unpaired) electrons. The summed E-state index contributed by atoms with van der Waals surface area (Å²) in [6.07, 6.45) is 3.71. The number of rotatable bonds is 6. The molecule has 0 saturated carbocycles. The van der Waals surface area contributed by atoms with Crippen LogP contribution in [0.4, 0.5) is 4.39 Å². The average Bonchev–Trinajstić information content (AvgIpc) is 2.48. The van der Waals surface area contributed by atoms with Gasteiger partial charge in [-0.3, -0.25) is 4.79 Å². The zero-order valence-electron chi connectivity index (χ0n) is 10.8. The van der Waals surface area contributed by atoms with Crippen molar-refractivity contribution >= 4 is 5.91 Å². The minimum Gasteiger partial charge on any atom is -0.453 e. The van der Waals surface area contributed by atoms with Crippen molar-refractivity contribution in [2.24, 2.45) is 0 Å². The van der Waals surface area contributed by atoms with Gasteiger partial charge in [0.2, 0.25) is 0 Å². The van der Waals surface area contributed by atoms with E-state index in [-0.39, 0.29) is 24.3 Å². The largest absolute Gasteiger partial charge is 0.453 e. The third-order valence-electron chi connectivity index (χ3n) is 2.52. The Morgan fingerprint density at radius 3 is 2.60 bits per heavy atom. The van der Waals surface area contributed by atoms with Crippen molar-refractivity contribution in [2.75, 3.05) is 13.2 Å². The van der Waals surface area contributed by atoms with Gasteiger partial charge < -0.3 is 10.1 Å². The summed E-state index contributed by atoms with van der Waals surface area (Å²) >= 11 is 0. The Bertz CT molecular complexity index is 546. The topological polar surface area (TPSA) is 64.1 Å². The third kappa shape index (κ3) is 4.64. The molecule has 5 nitrogen and oxygen atoms in total. The highest BCUT2D eigenvalue weighted by atomic mass is 19.1. The molecule has 104 valence electrons. The number of amides is 1. The molecule has 1 aromatic heterocycles. The fourth-order valence-corrected chi connectivity index (χ4v) is 1.54. The smallest absolute Gasteiger partial charge is 0.316 e. The maximum atomic E-state index is 12.7. The molecule has 2 aromatic rings. The lowest BCUT2D eigenvalue weighted by Crippen LogP contribution is -2.30. The third-order valence-corrected chi connectivity index (χ3v) is 2.52. The van der Waals surface area contributed by atoms with Crippen molar-refractivity contribution in [2.45, 2.75) is 6.42 Å². The molecule has 2 rings (SSSR count). The number of halogens is 1. The molecule has 0 bridgehead atoms. The molecule has 0 saturated heterocycles. The number of carbonyl (C=O) groups is 1. The van der Waals surface area contributed by atoms with E-state index in [1.165, 1.54) is 24.5 Å². The van der Waals surface area contributed by atoms with Crippen molar-refractivity contribution in [3.63, 3.8) is 0 Å². The fourth-order valence-electron chi connectivity index (χ4n) is 1.54. The van der Waals surface area contributed by atoms with Crippen molar-refractivity contribution in [1.29, 1.82) is 0 Å². The number of nitrogens with one attached hydrogen (secondary N) is 1. The molecule has 0 aliphatic carbocycles. The Hall–Kier alpha value is -2.50. The second-order valence-corrected chi connectivity index (χ2v) is 4.05. The molecule has 20 heavy (non-hydrogen) atoms. The van der Waals surface area contributed by atoms with E-state index in [2.05, 4.69) is 15.3 Å². The number of ether oxygens (including phenoxy) is 1. The van der Waals surface area contributed by atoms with Gasteiger partial charge in [-0.1, -0.05) is 12.1 Å². The van der Waals surface area contributed by atoms with Crippen LogP contribution in [0.15, 0.2) is 42.7 Å². The first kappa shape index (κ1) is 13.9. The number of benzene rings is 1. The predicted octanol–water partition coefficient (Wildman–Crippen LogP) is 1.35. The van der Waals surface area contributed by atoms with E-state index < -0.39 is 0 Å². The Morgan fingerprint density at radius 2 is 1.90 bits per heavy atom. The van der Waals surface area contributed by atoms with Crippen LogP contribution in [-0.4, -0.2) is 29.0 Å². The average molecular weight is 275 g/mol. The van der Waals surface area contributed by atoms with Crippen molar-refractivity contribution in [3.8, 4) is 6.01 Å². The molecule has 6 heteroatoms. The summed E-state index contributed by atoms with van der Waals surface area (Å²) in [7, 11) is 0. The maximum absolute atomic E-state index is 12.7. The van der Waals surface area contributed by atoms with Gasteiger partial charge in [-0.25, -0.2) is 14.4 Å². The van der Waals surface area contributed by atoms with Crippen LogP contribution in [0, 0.1) is 5.82 Å².